The SMILES string of the molecule is CC(NC(=O)CCc1cccs1)C(=O)Nc1ccccc1F. The number of thiophene rings is 1. The molecule has 6 heteroatoms. The third kappa shape index (κ3) is 4.66. The van der Waals surface area contributed by atoms with E-state index >= 15 is 0 Å². The average Bonchev–Trinajstić information content (AvgIpc) is 3.00. The minimum absolute atomic E-state index is 0.104. The van der Waals surface area contributed by atoms with Crippen LogP contribution in [0.15, 0.2) is 41.8 Å². The molecule has 2 amide bonds. The number of nitrogens with one attached hydrogen (secondary N) is 2. The topological polar surface area (TPSA) is 58.2 Å². The summed E-state index contributed by atoms with van der Waals surface area (Å²) in [5.74, 6) is -1.16. The Balaban J connectivity index is 1.80. The van der Waals surface area contributed by atoms with Gasteiger partial charge < -0.3 is 10.6 Å². The Hall–Kier alpha value is -2.21. The van der Waals surface area contributed by atoms with Crippen molar-refractivity contribution in [3.63, 3.8) is 0 Å². The van der Waals surface area contributed by atoms with Crippen LogP contribution < -0.4 is 10.6 Å². The highest BCUT2D eigenvalue weighted by Gasteiger charge is 2.16. The fraction of sp³-hybridized carbons (Fsp3) is 0.250. The Kier molecular flexibility index (Phi) is 5.66. The van der Waals surface area contributed by atoms with Crippen molar-refractivity contribution in [2.45, 2.75) is 25.8 Å². The van der Waals surface area contributed by atoms with E-state index in [1.54, 1.807) is 30.4 Å². The number of aryl methyl sites for hydroxylation is 1. The van der Waals surface area contributed by atoms with Gasteiger partial charge in [0.2, 0.25) is 11.8 Å². The number of halogens is 1. The number of carbonyl (C=O) groups is 2. The van der Waals surface area contributed by atoms with Gasteiger partial charge in [0.25, 0.3) is 0 Å². The van der Waals surface area contributed by atoms with E-state index in [1.807, 2.05) is 17.5 Å². The number of hydrogen-bond donors (Lipinski definition) is 2. The number of amides is 2. The second-order valence-electron chi connectivity index (χ2n) is 4.84. The molecule has 0 fully saturated rings. The van der Waals surface area contributed by atoms with E-state index in [0.29, 0.717) is 12.8 Å². The number of carbonyl (C=O) groups excluding carboxylic acids is 2. The summed E-state index contributed by atoms with van der Waals surface area (Å²) < 4.78 is 13.5. The lowest BCUT2D eigenvalue weighted by atomic mass is 10.2. The summed E-state index contributed by atoms with van der Waals surface area (Å²) in [6.45, 7) is 1.57. The molecular formula is C16H17FN2O2S. The van der Waals surface area contributed by atoms with E-state index in [4.69, 9.17) is 0 Å². The van der Waals surface area contributed by atoms with E-state index in [-0.39, 0.29) is 11.6 Å². The van der Waals surface area contributed by atoms with Crippen LogP contribution in [0.2, 0.25) is 0 Å². The first-order chi connectivity index (χ1) is 10.6. The van der Waals surface area contributed by atoms with Crippen LogP contribution in [0.4, 0.5) is 10.1 Å². The van der Waals surface area contributed by atoms with Crippen molar-refractivity contribution >= 4 is 28.8 Å². The van der Waals surface area contributed by atoms with Gasteiger partial charge in [0.05, 0.1) is 5.69 Å². The number of benzene rings is 1. The van der Waals surface area contributed by atoms with Gasteiger partial charge >= 0.3 is 0 Å². The number of rotatable bonds is 6. The summed E-state index contributed by atoms with van der Waals surface area (Å²) in [6, 6.07) is 9.08. The molecule has 0 saturated heterocycles. The van der Waals surface area contributed by atoms with Crippen LogP contribution in [0.3, 0.4) is 0 Å². The fourth-order valence-electron chi connectivity index (χ4n) is 1.87. The van der Waals surface area contributed by atoms with E-state index < -0.39 is 17.8 Å². The molecule has 0 bridgehead atoms. The van der Waals surface area contributed by atoms with Crippen LogP contribution >= 0.6 is 11.3 Å². The lowest BCUT2D eigenvalue weighted by Gasteiger charge is -2.14. The summed E-state index contributed by atoms with van der Waals surface area (Å²) in [5.41, 5.74) is 0.104. The van der Waals surface area contributed by atoms with E-state index in [9.17, 15) is 14.0 Å². The predicted molar refractivity (Wildman–Crippen MR) is 85.3 cm³/mol. The summed E-state index contributed by atoms with van der Waals surface area (Å²) in [7, 11) is 0. The Bertz CT molecular complexity index is 643. The second kappa shape index (κ2) is 7.70. The molecule has 0 aliphatic rings. The van der Waals surface area contributed by atoms with Crippen molar-refractivity contribution in [3.05, 3.63) is 52.5 Å². The molecule has 4 nitrogen and oxygen atoms in total. The molecule has 1 atom stereocenters. The molecule has 0 aliphatic carbocycles. The molecular weight excluding hydrogens is 303 g/mol. The van der Waals surface area contributed by atoms with Gasteiger partial charge in [-0.15, -0.1) is 11.3 Å². The van der Waals surface area contributed by atoms with Gasteiger partial charge in [0, 0.05) is 11.3 Å². The second-order valence-corrected chi connectivity index (χ2v) is 5.87. The van der Waals surface area contributed by atoms with Crippen LogP contribution in [0, 0.1) is 5.82 Å². The predicted octanol–water partition coefficient (Wildman–Crippen LogP) is 2.96. The summed E-state index contributed by atoms with van der Waals surface area (Å²) >= 11 is 1.59. The number of para-hydroxylation sites is 1. The fourth-order valence-corrected chi connectivity index (χ4v) is 2.58. The lowest BCUT2D eigenvalue weighted by Crippen LogP contribution is -2.41. The minimum Gasteiger partial charge on any atom is -0.345 e. The number of hydrogen-bond acceptors (Lipinski definition) is 3. The Morgan fingerprint density at radius 1 is 1.23 bits per heavy atom. The highest BCUT2D eigenvalue weighted by atomic mass is 32.1. The third-order valence-corrected chi connectivity index (χ3v) is 4.02. The smallest absolute Gasteiger partial charge is 0.246 e. The summed E-state index contributed by atoms with van der Waals surface area (Å²) in [6.07, 6.45) is 0.961. The van der Waals surface area contributed by atoms with Gasteiger partial charge in [-0.3, -0.25) is 9.59 Å². The van der Waals surface area contributed by atoms with Crippen molar-refractivity contribution < 1.29 is 14.0 Å². The maximum atomic E-state index is 13.5. The monoisotopic (exact) mass is 320 g/mol. The summed E-state index contributed by atoms with van der Waals surface area (Å²) in [5, 5.41) is 7.03. The van der Waals surface area contributed by atoms with E-state index in [1.165, 1.54) is 12.1 Å². The van der Waals surface area contributed by atoms with Crippen LogP contribution in [-0.2, 0) is 16.0 Å². The van der Waals surface area contributed by atoms with Crippen molar-refractivity contribution in [3.8, 4) is 0 Å². The quantitative estimate of drug-likeness (QED) is 0.860. The molecule has 1 heterocycles. The Morgan fingerprint density at radius 3 is 2.68 bits per heavy atom. The molecule has 116 valence electrons. The first-order valence-corrected chi connectivity index (χ1v) is 7.81. The molecule has 22 heavy (non-hydrogen) atoms. The molecule has 1 unspecified atom stereocenters. The summed E-state index contributed by atoms with van der Waals surface area (Å²) in [4.78, 5) is 24.9. The van der Waals surface area contributed by atoms with Gasteiger partial charge in [-0.1, -0.05) is 18.2 Å². The molecule has 2 N–H and O–H groups in total. The molecule has 0 spiro atoms. The zero-order chi connectivity index (χ0) is 15.9. The van der Waals surface area contributed by atoms with E-state index in [2.05, 4.69) is 10.6 Å². The lowest BCUT2D eigenvalue weighted by molar-refractivity contribution is -0.126. The molecule has 2 rings (SSSR count). The molecule has 0 saturated carbocycles. The average molecular weight is 320 g/mol. The number of anilines is 1. The van der Waals surface area contributed by atoms with Gasteiger partial charge in [-0.25, -0.2) is 4.39 Å². The first-order valence-electron chi connectivity index (χ1n) is 6.93. The molecule has 0 radical (unpaired) electrons. The first kappa shape index (κ1) is 16.2. The highest BCUT2D eigenvalue weighted by Crippen LogP contribution is 2.13. The molecule has 0 aliphatic heterocycles. The minimum atomic E-state index is -0.726. The highest BCUT2D eigenvalue weighted by molar-refractivity contribution is 7.09. The van der Waals surface area contributed by atoms with Gasteiger partial charge in [-0.05, 0) is 36.9 Å². The van der Waals surface area contributed by atoms with Crippen molar-refractivity contribution in [2.24, 2.45) is 0 Å². The van der Waals surface area contributed by atoms with Crippen LogP contribution in [-0.4, -0.2) is 17.9 Å². The van der Waals surface area contributed by atoms with Gasteiger partial charge in [0.1, 0.15) is 11.9 Å². The van der Waals surface area contributed by atoms with Crippen molar-refractivity contribution in [1.82, 2.24) is 5.32 Å². The standard InChI is InChI=1S/C16H17FN2O2S/c1-11(16(21)19-14-7-3-2-6-13(14)17)18-15(20)9-8-12-5-4-10-22-12/h2-7,10-11H,8-9H2,1H3,(H,18,20)(H,19,21). The Labute approximate surface area is 132 Å². The van der Waals surface area contributed by atoms with Crippen LogP contribution in [0.1, 0.15) is 18.2 Å². The van der Waals surface area contributed by atoms with E-state index in [0.717, 1.165) is 4.88 Å². The zero-order valence-electron chi connectivity index (χ0n) is 12.1. The maximum Gasteiger partial charge on any atom is 0.246 e. The van der Waals surface area contributed by atoms with Crippen molar-refractivity contribution in [2.75, 3.05) is 5.32 Å². The van der Waals surface area contributed by atoms with Gasteiger partial charge in [-0.2, -0.15) is 0 Å². The molecule has 1 aromatic carbocycles. The van der Waals surface area contributed by atoms with Crippen LogP contribution in [0.25, 0.3) is 0 Å². The maximum absolute atomic E-state index is 13.5. The molecule has 2 aromatic rings. The largest absolute Gasteiger partial charge is 0.345 e. The van der Waals surface area contributed by atoms with Crippen molar-refractivity contribution in [1.29, 1.82) is 0 Å². The molecule has 1 aromatic heterocycles. The third-order valence-electron chi connectivity index (χ3n) is 3.08. The van der Waals surface area contributed by atoms with Gasteiger partial charge in [0.15, 0.2) is 0 Å². The Morgan fingerprint density at radius 2 is 2.00 bits per heavy atom. The normalized spacial score (nSPS) is 11.7. The van der Waals surface area contributed by atoms with Crippen LogP contribution in [0.5, 0.6) is 0 Å². The zero-order valence-corrected chi connectivity index (χ0v) is 13.0.